The lowest BCUT2D eigenvalue weighted by molar-refractivity contribution is 0.0868. The Hall–Kier alpha value is -1.02. The minimum absolute atomic E-state index is 0.183. The van der Waals surface area contributed by atoms with Crippen molar-refractivity contribution in [3.05, 3.63) is 12.2 Å². The molecule has 1 aliphatic heterocycles. The van der Waals surface area contributed by atoms with Crippen LogP contribution in [-0.4, -0.2) is 70.4 Å². The van der Waals surface area contributed by atoms with E-state index < -0.39 is 0 Å². The van der Waals surface area contributed by atoms with Gasteiger partial charge in [-0.25, -0.2) is 4.98 Å². The van der Waals surface area contributed by atoms with E-state index in [4.69, 9.17) is 5.84 Å². The Morgan fingerprint density at radius 1 is 1.45 bits per heavy atom. The second kappa shape index (κ2) is 7.12. The van der Waals surface area contributed by atoms with Gasteiger partial charge in [-0.05, 0) is 20.5 Å². The summed E-state index contributed by atoms with van der Waals surface area (Å²) in [5.41, 5.74) is 2.98. The number of hydrogen-bond acceptors (Lipinski definition) is 6. The molecule has 2 rings (SSSR count). The zero-order chi connectivity index (χ0) is 14.5. The van der Waals surface area contributed by atoms with E-state index in [1.807, 2.05) is 4.68 Å². The van der Waals surface area contributed by atoms with Crippen molar-refractivity contribution >= 4 is 0 Å². The van der Waals surface area contributed by atoms with E-state index in [1.165, 1.54) is 0 Å². The lowest BCUT2D eigenvalue weighted by atomic mass is 10.0. The van der Waals surface area contributed by atoms with Crippen LogP contribution in [0.25, 0.3) is 0 Å². The van der Waals surface area contributed by atoms with E-state index in [0.717, 1.165) is 44.8 Å². The number of aryl methyl sites for hydroxylation is 1. The maximum atomic E-state index is 5.80. The average molecular weight is 281 g/mol. The molecule has 0 spiro atoms. The Kier molecular flexibility index (Phi) is 5.47. The van der Waals surface area contributed by atoms with Gasteiger partial charge in [0.05, 0.1) is 0 Å². The van der Waals surface area contributed by atoms with Gasteiger partial charge in [-0.2, -0.15) is 5.10 Å². The van der Waals surface area contributed by atoms with Crippen molar-refractivity contribution in [1.29, 1.82) is 0 Å². The van der Waals surface area contributed by atoms with Crippen LogP contribution in [0.1, 0.15) is 19.2 Å². The molecule has 0 aromatic carbocycles. The lowest BCUT2D eigenvalue weighted by Crippen LogP contribution is -2.60. The topological polar surface area (TPSA) is 75.2 Å². The van der Waals surface area contributed by atoms with Crippen LogP contribution in [0, 0.1) is 0 Å². The first kappa shape index (κ1) is 15.4. The third-order valence-electron chi connectivity index (χ3n) is 4.11. The minimum Gasteiger partial charge on any atom is -0.303 e. The van der Waals surface area contributed by atoms with Gasteiger partial charge in [-0.15, -0.1) is 0 Å². The van der Waals surface area contributed by atoms with Gasteiger partial charge in [0.15, 0.2) is 0 Å². The fourth-order valence-corrected chi connectivity index (χ4v) is 2.83. The molecule has 1 aromatic rings. The number of nitrogens with zero attached hydrogens (tertiary/aromatic N) is 5. The Morgan fingerprint density at radius 3 is 2.95 bits per heavy atom. The molecular weight excluding hydrogens is 254 g/mol. The molecule has 1 aromatic heterocycles. The van der Waals surface area contributed by atoms with Crippen LogP contribution in [0.2, 0.25) is 0 Å². The Balaban J connectivity index is 2.05. The van der Waals surface area contributed by atoms with E-state index in [-0.39, 0.29) is 6.04 Å². The maximum absolute atomic E-state index is 5.80. The fourth-order valence-electron chi connectivity index (χ4n) is 2.83. The lowest BCUT2D eigenvalue weighted by Gasteiger charge is -2.41. The van der Waals surface area contributed by atoms with Crippen LogP contribution in [0.3, 0.4) is 0 Å². The number of nitrogens with one attached hydrogen (secondary N) is 1. The van der Waals surface area contributed by atoms with E-state index in [1.54, 1.807) is 6.33 Å². The van der Waals surface area contributed by atoms with Gasteiger partial charge in [0.25, 0.3) is 0 Å². The number of hydrazine groups is 1. The Bertz CT molecular complexity index is 405. The molecule has 0 aliphatic carbocycles. The van der Waals surface area contributed by atoms with Crippen molar-refractivity contribution in [2.45, 2.75) is 38.4 Å². The predicted octanol–water partition coefficient (Wildman–Crippen LogP) is -0.692. The van der Waals surface area contributed by atoms with E-state index in [2.05, 4.69) is 46.3 Å². The molecule has 7 nitrogen and oxygen atoms in total. The van der Waals surface area contributed by atoms with Gasteiger partial charge in [0.1, 0.15) is 12.2 Å². The van der Waals surface area contributed by atoms with Crippen molar-refractivity contribution in [1.82, 2.24) is 30.0 Å². The van der Waals surface area contributed by atoms with Crippen LogP contribution in [0.4, 0.5) is 0 Å². The molecule has 7 heteroatoms. The van der Waals surface area contributed by atoms with E-state index in [9.17, 15) is 0 Å². The molecule has 0 amide bonds. The van der Waals surface area contributed by atoms with Crippen molar-refractivity contribution < 1.29 is 0 Å². The Labute approximate surface area is 121 Å². The molecule has 2 heterocycles. The van der Waals surface area contributed by atoms with Crippen LogP contribution < -0.4 is 11.3 Å². The molecule has 0 saturated carbocycles. The summed E-state index contributed by atoms with van der Waals surface area (Å²) in [6.07, 6.45) is 3.50. The first-order valence-corrected chi connectivity index (χ1v) is 7.37. The highest BCUT2D eigenvalue weighted by Crippen LogP contribution is 2.13. The Morgan fingerprint density at radius 2 is 2.25 bits per heavy atom. The van der Waals surface area contributed by atoms with Crippen LogP contribution in [0.15, 0.2) is 6.33 Å². The number of hydrogen-bond donors (Lipinski definition) is 2. The summed E-state index contributed by atoms with van der Waals surface area (Å²) in [6, 6.07) is 0.577. The van der Waals surface area contributed by atoms with Gasteiger partial charge < -0.3 is 4.90 Å². The average Bonchev–Trinajstić information content (AvgIpc) is 2.87. The standard InChI is InChI=1S/C13H27N7/c1-4-5-20-13(15-10-16-20)8-11(17-14)12-9-18(2)6-7-19(12)3/h10-12,17H,4-9,14H2,1-3H3. The zero-order valence-electron chi connectivity index (χ0n) is 12.8. The third kappa shape index (κ3) is 3.54. The SMILES string of the molecule is CCCn1ncnc1CC(NN)C1CN(C)CCN1C. The number of aromatic nitrogens is 3. The fraction of sp³-hybridized carbons (Fsp3) is 0.846. The second-order valence-electron chi connectivity index (χ2n) is 5.69. The molecular formula is C13H27N7. The summed E-state index contributed by atoms with van der Waals surface area (Å²) in [5.74, 6) is 6.81. The van der Waals surface area contributed by atoms with Gasteiger partial charge in [-0.3, -0.25) is 20.9 Å². The minimum atomic E-state index is 0.183. The van der Waals surface area contributed by atoms with Crippen molar-refractivity contribution in [3.63, 3.8) is 0 Å². The van der Waals surface area contributed by atoms with Crippen LogP contribution in [0.5, 0.6) is 0 Å². The van der Waals surface area contributed by atoms with Gasteiger partial charge in [0.2, 0.25) is 0 Å². The summed E-state index contributed by atoms with van der Waals surface area (Å²) in [6.45, 7) is 6.26. The van der Waals surface area contributed by atoms with Crippen molar-refractivity contribution in [2.75, 3.05) is 33.7 Å². The van der Waals surface area contributed by atoms with E-state index >= 15 is 0 Å². The number of piperazine rings is 1. The van der Waals surface area contributed by atoms with Crippen molar-refractivity contribution in [3.8, 4) is 0 Å². The molecule has 2 unspecified atom stereocenters. The molecule has 3 N–H and O–H groups in total. The summed E-state index contributed by atoms with van der Waals surface area (Å²) in [4.78, 5) is 9.12. The quantitative estimate of drug-likeness (QED) is 0.531. The zero-order valence-corrected chi connectivity index (χ0v) is 12.8. The second-order valence-corrected chi connectivity index (χ2v) is 5.69. The first-order chi connectivity index (χ1) is 9.65. The number of rotatable bonds is 6. The molecule has 0 radical (unpaired) electrons. The summed E-state index contributed by atoms with van der Waals surface area (Å²) in [5, 5.41) is 4.29. The molecule has 1 aliphatic rings. The molecule has 1 fully saturated rings. The molecule has 114 valence electrons. The van der Waals surface area contributed by atoms with Crippen LogP contribution in [-0.2, 0) is 13.0 Å². The number of likely N-dealkylation sites (N-methyl/N-ethyl adjacent to an activating group) is 2. The smallest absolute Gasteiger partial charge is 0.138 e. The molecule has 1 saturated heterocycles. The van der Waals surface area contributed by atoms with Gasteiger partial charge >= 0.3 is 0 Å². The largest absolute Gasteiger partial charge is 0.303 e. The van der Waals surface area contributed by atoms with Gasteiger partial charge in [-0.1, -0.05) is 6.92 Å². The normalized spacial score (nSPS) is 23.1. The number of nitrogens with two attached hydrogens (primary N) is 1. The predicted molar refractivity (Wildman–Crippen MR) is 79.0 cm³/mol. The molecule has 0 bridgehead atoms. The maximum Gasteiger partial charge on any atom is 0.138 e. The highest BCUT2D eigenvalue weighted by atomic mass is 15.4. The molecule has 20 heavy (non-hydrogen) atoms. The third-order valence-corrected chi connectivity index (χ3v) is 4.11. The van der Waals surface area contributed by atoms with Crippen molar-refractivity contribution in [2.24, 2.45) is 5.84 Å². The monoisotopic (exact) mass is 281 g/mol. The highest BCUT2D eigenvalue weighted by molar-refractivity contribution is 4.96. The molecule has 2 atom stereocenters. The highest BCUT2D eigenvalue weighted by Gasteiger charge is 2.30. The summed E-state index contributed by atoms with van der Waals surface area (Å²) in [7, 11) is 4.33. The van der Waals surface area contributed by atoms with Crippen LogP contribution >= 0.6 is 0 Å². The first-order valence-electron chi connectivity index (χ1n) is 7.37. The summed E-state index contributed by atoms with van der Waals surface area (Å²) >= 11 is 0. The van der Waals surface area contributed by atoms with Gasteiger partial charge in [0, 0.05) is 44.7 Å². The van der Waals surface area contributed by atoms with E-state index in [0.29, 0.717) is 6.04 Å². The summed E-state index contributed by atoms with van der Waals surface area (Å²) < 4.78 is 1.98.